The Labute approximate surface area is 72.6 Å². The van der Waals surface area contributed by atoms with Crippen molar-refractivity contribution in [1.82, 2.24) is 0 Å². The highest BCUT2D eigenvalue weighted by molar-refractivity contribution is 5.93. The number of hydrogen-bond donors (Lipinski definition) is 1. The van der Waals surface area contributed by atoms with Crippen LogP contribution < -0.4 is 5.73 Å². The van der Waals surface area contributed by atoms with Gasteiger partial charge in [-0.2, -0.15) is 0 Å². The molecule has 0 aromatic heterocycles. The van der Waals surface area contributed by atoms with E-state index in [0.717, 1.165) is 19.3 Å². The van der Waals surface area contributed by atoms with E-state index in [-0.39, 0.29) is 5.78 Å². The molecule has 0 spiro atoms. The van der Waals surface area contributed by atoms with Gasteiger partial charge in [0.1, 0.15) is 0 Å². The zero-order valence-corrected chi connectivity index (χ0v) is 7.21. The van der Waals surface area contributed by atoms with Gasteiger partial charge in [-0.15, -0.1) is 0 Å². The van der Waals surface area contributed by atoms with E-state index in [9.17, 15) is 4.79 Å². The molecule has 0 aliphatic carbocycles. The van der Waals surface area contributed by atoms with E-state index in [4.69, 9.17) is 10.5 Å². The number of ketones is 1. The Morgan fingerprint density at radius 3 is 3.08 bits per heavy atom. The number of rotatable bonds is 4. The third-order valence-corrected chi connectivity index (χ3v) is 1.82. The van der Waals surface area contributed by atoms with E-state index in [1.165, 1.54) is 0 Å². The molecule has 1 heterocycles. The minimum atomic E-state index is 0.0974. The summed E-state index contributed by atoms with van der Waals surface area (Å²) in [6.45, 7) is 1.25. The number of allylic oxidation sites excluding steroid dienone is 2. The lowest BCUT2D eigenvalue weighted by molar-refractivity contribution is -0.119. The van der Waals surface area contributed by atoms with Gasteiger partial charge in [-0.25, -0.2) is 0 Å². The third-order valence-electron chi connectivity index (χ3n) is 1.82. The highest BCUT2D eigenvalue weighted by atomic mass is 16.5. The molecule has 0 atom stereocenters. The Morgan fingerprint density at radius 1 is 1.67 bits per heavy atom. The number of Topliss-reactive ketones (excluding diaryl/α,β-unsaturated/α-hetero) is 1. The van der Waals surface area contributed by atoms with Crippen molar-refractivity contribution in [2.75, 3.05) is 13.2 Å². The molecule has 3 nitrogen and oxygen atoms in total. The van der Waals surface area contributed by atoms with E-state index < -0.39 is 0 Å². The van der Waals surface area contributed by atoms with Crippen LogP contribution in [0.3, 0.4) is 0 Å². The maximum Gasteiger partial charge on any atom is 0.197 e. The molecule has 0 unspecified atom stereocenters. The zero-order valence-electron chi connectivity index (χ0n) is 7.21. The number of ether oxygens (including phenoxy) is 1. The molecule has 0 saturated heterocycles. The van der Waals surface area contributed by atoms with Gasteiger partial charge in [0, 0.05) is 6.42 Å². The molecular formula is C9H15NO2. The van der Waals surface area contributed by atoms with Crippen molar-refractivity contribution in [2.24, 2.45) is 5.73 Å². The highest BCUT2D eigenvalue weighted by Crippen LogP contribution is 2.12. The fraction of sp³-hybridized carbons (Fsp3) is 0.667. The van der Waals surface area contributed by atoms with E-state index in [1.807, 2.05) is 6.08 Å². The monoisotopic (exact) mass is 169 g/mol. The largest absolute Gasteiger partial charge is 0.490 e. The second-order valence-corrected chi connectivity index (χ2v) is 2.87. The standard InChI is InChI=1S/C9H15NO2/c10-6-3-4-8(11)9-5-1-2-7-12-9/h5H,1-4,6-7,10H2. The molecule has 1 aliphatic rings. The van der Waals surface area contributed by atoms with Crippen molar-refractivity contribution in [3.05, 3.63) is 11.8 Å². The van der Waals surface area contributed by atoms with Gasteiger partial charge in [-0.3, -0.25) is 4.79 Å². The molecule has 0 amide bonds. The molecule has 12 heavy (non-hydrogen) atoms. The normalized spacial score (nSPS) is 16.6. The van der Waals surface area contributed by atoms with Crippen LogP contribution in [0.5, 0.6) is 0 Å². The molecule has 0 radical (unpaired) electrons. The maximum atomic E-state index is 11.3. The molecule has 0 aromatic carbocycles. The molecule has 0 bridgehead atoms. The molecule has 68 valence electrons. The summed E-state index contributed by atoms with van der Waals surface area (Å²) in [5.74, 6) is 0.648. The van der Waals surface area contributed by atoms with Gasteiger partial charge in [0.15, 0.2) is 11.5 Å². The van der Waals surface area contributed by atoms with Gasteiger partial charge in [0.25, 0.3) is 0 Å². The van der Waals surface area contributed by atoms with Crippen LogP contribution in [0.25, 0.3) is 0 Å². The Bertz CT molecular complexity index is 187. The molecule has 2 N–H and O–H groups in total. The van der Waals surface area contributed by atoms with Crippen LogP contribution >= 0.6 is 0 Å². The minimum absolute atomic E-state index is 0.0974. The van der Waals surface area contributed by atoms with E-state index in [2.05, 4.69) is 0 Å². The Balaban J connectivity index is 2.35. The van der Waals surface area contributed by atoms with Gasteiger partial charge < -0.3 is 10.5 Å². The second kappa shape index (κ2) is 4.93. The maximum absolute atomic E-state index is 11.3. The second-order valence-electron chi connectivity index (χ2n) is 2.87. The van der Waals surface area contributed by atoms with Crippen molar-refractivity contribution in [3.8, 4) is 0 Å². The summed E-state index contributed by atoms with van der Waals surface area (Å²) in [7, 11) is 0. The van der Waals surface area contributed by atoms with Gasteiger partial charge in [0.2, 0.25) is 0 Å². The third kappa shape index (κ3) is 2.66. The highest BCUT2D eigenvalue weighted by Gasteiger charge is 2.12. The van der Waals surface area contributed by atoms with Crippen LogP contribution in [0.4, 0.5) is 0 Å². The minimum Gasteiger partial charge on any atom is -0.490 e. The lowest BCUT2D eigenvalue weighted by atomic mass is 10.1. The molecule has 0 fully saturated rings. The van der Waals surface area contributed by atoms with Crippen LogP contribution in [0.2, 0.25) is 0 Å². The first-order chi connectivity index (χ1) is 5.84. The quantitative estimate of drug-likeness (QED) is 0.682. The van der Waals surface area contributed by atoms with Crippen LogP contribution in [-0.4, -0.2) is 18.9 Å². The van der Waals surface area contributed by atoms with Crippen molar-refractivity contribution in [2.45, 2.75) is 25.7 Å². The van der Waals surface area contributed by atoms with Crippen molar-refractivity contribution in [1.29, 1.82) is 0 Å². The Morgan fingerprint density at radius 2 is 2.50 bits per heavy atom. The molecule has 1 rings (SSSR count). The van der Waals surface area contributed by atoms with Gasteiger partial charge >= 0.3 is 0 Å². The molecule has 0 saturated carbocycles. The first-order valence-corrected chi connectivity index (χ1v) is 4.41. The van der Waals surface area contributed by atoms with Gasteiger partial charge in [-0.05, 0) is 31.9 Å². The zero-order chi connectivity index (χ0) is 8.81. The molecule has 0 aromatic rings. The summed E-state index contributed by atoms with van der Waals surface area (Å²) < 4.78 is 5.21. The SMILES string of the molecule is NCCCC(=O)C1=CCCCO1. The van der Waals surface area contributed by atoms with Crippen molar-refractivity contribution < 1.29 is 9.53 Å². The van der Waals surface area contributed by atoms with Crippen LogP contribution in [0.15, 0.2) is 11.8 Å². The summed E-state index contributed by atoms with van der Waals surface area (Å²) in [4.78, 5) is 11.3. The van der Waals surface area contributed by atoms with Crippen molar-refractivity contribution >= 4 is 5.78 Å². The first-order valence-electron chi connectivity index (χ1n) is 4.41. The summed E-state index contributed by atoms with van der Waals surface area (Å²) in [6.07, 6.45) is 5.13. The first kappa shape index (κ1) is 9.26. The van der Waals surface area contributed by atoms with Gasteiger partial charge in [0.05, 0.1) is 6.61 Å². The van der Waals surface area contributed by atoms with Crippen LogP contribution in [0, 0.1) is 0 Å². The average molecular weight is 169 g/mol. The van der Waals surface area contributed by atoms with E-state index >= 15 is 0 Å². The predicted octanol–water partition coefficient (Wildman–Crippen LogP) is 0.989. The summed E-state index contributed by atoms with van der Waals surface area (Å²) >= 11 is 0. The van der Waals surface area contributed by atoms with Crippen LogP contribution in [0.1, 0.15) is 25.7 Å². The topological polar surface area (TPSA) is 52.3 Å². The lowest BCUT2D eigenvalue weighted by Crippen LogP contribution is -2.12. The smallest absolute Gasteiger partial charge is 0.197 e. The summed E-state index contributed by atoms with van der Waals surface area (Å²) in [5, 5.41) is 0. The number of carbonyl (C=O) groups excluding carboxylic acids is 1. The predicted molar refractivity (Wildman–Crippen MR) is 46.6 cm³/mol. The fourth-order valence-electron chi connectivity index (χ4n) is 1.14. The Hall–Kier alpha value is -0.830. The lowest BCUT2D eigenvalue weighted by Gasteiger charge is -2.13. The van der Waals surface area contributed by atoms with Gasteiger partial charge in [-0.1, -0.05) is 0 Å². The summed E-state index contributed by atoms with van der Waals surface area (Å²) in [5.41, 5.74) is 5.29. The fourth-order valence-corrected chi connectivity index (χ4v) is 1.14. The average Bonchev–Trinajstić information content (AvgIpc) is 2.15. The molecular weight excluding hydrogens is 154 g/mol. The number of carbonyl (C=O) groups is 1. The van der Waals surface area contributed by atoms with E-state index in [0.29, 0.717) is 25.3 Å². The van der Waals surface area contributed by atoms with Crippen molar-refractivity contribution in [3.63, 3.8) is 0 Å². The number of nitrogens with two attached hydrogens (primary N) is 1. The Kier molecular flexibility index (Phi) is 3.80. The molecule has 3 heteroatoms. The number of hydrogen-bond acceptors (Lipinski definition) is 3. The molecule has 1 aliphatic heterocycles. The summed E-state index contributed by atoms with van der Waals surface area (Å²) in [6, 6.07) is 0. The van der Waals surface area contributed by atoms with E-state index in [1.54, 1.807) is 0 Å². The van der Waals surface area contributed by atoms with Crippen LogP contribution in [-0.2, 0) is 9.53 Å².